The molecule has 2 aliphatic heterocycles. The zero-order valence-electron chi connectivity index (χ0n) is 12.8. The molecule has 23 heavy (non-hydrogen) atoms. The van der Waals surface area contributed by atoms with Crippen LogP contribution in [-0.4, -0.2) is 22.3 Å². The Bertz CT molecular complexity index is 858. The lowest BCUT2D eigenvalue weighted by Crippen LogP contribution is -2.34. The molecule has 0 N–H and O–H groups in total. The van der Waals surface area contributed by atoms with Crippen LogP contribution in [0, 0.1) is 0 Å². The highest BCUT2D eigenvalue weighted by Crippen LogP contribution is 2.43. The zero-order valence-corrected chi connectivity index (χ0v) is 12.8. The number of fused-ring (bicyclic) bond motifs is 6. The SMILES string of the molecule is c1ccc(C23OCC(CCCn4c2nc2ccccc24)O3)cc1. The lowest BCUT2D eigenvalue weighted by Gasteiger charge is -2.30. The van der Waals surface area contributed by atoms with Gasteiger partial charge in [-0.2, -0.15) is 0 Å². The Morgan fingerprint density at radius 1 is 1.04 bits per heavy atom. The Labute approximate surface area is 134 Å². The molecular weight excluding hydrogens is 288 g/mol. The summed E-state index contributed by atoms with van der Waals surface area (Å²) in [6.07, 6.45) is 2.23. The van der Waals surface area contributed by atoms with Crippen LogP contribution < -0.4 is 0 Å². The van der Waals surface area contributed by atoms with Gasteiger partial charge in [-0.05, 0) is 25.0 Å². The maximum absolute atomic E-state index is 6.43. The molecule has 2 bridgehead atoms. The van der Waals surface area contributed by atoms with Gasteiger partial charge in [0.1, 0.15) is 0 Å². The fourth-order valence-corrected chi connectivity index (χ4v) is 3.74. The normalized spacial score (nSPS) is 26.7. The number of imidazole rings is 1. The third kappa shape index (κ3) is 1.89. The van der Waals surface area contributed by atoms with Gasteiger partial charge in [0.25, 0.3) is 5.79 Å². The fourth-order valence-electron chi connectivity index (χ4n) is 3.74. The van der Waals surface area contributed by atoms with Crippen LogP contribution in [0.5, 0.6) is 0 Å². The van der Waals surface area contributed by atoms with Crippen molar-refractivity contribution in [2.24, 2.45) is 0 Å². The molecule has 4 nitrogen and oxygen atoms in total. The molecule has 4 heteroatoms. The topological polar surface area (TPSA) is 36.3 Å². The smallest absolute Gasteiger partial charge is 0.256 e. The van der Waals surface area contributed by atoms with E-state index in [0.29, 0.717) is 6.61 Å². The van der Waals surface area contributed by atoms with E-state index < -0.39 is 5.79 Å². The van der Waals surface area contributed by atoms with Crippen LogP contribution in [0.25, 0.3) is 11.0 Å². The van der Waals surface area contributed by atoms with E-state index in [-0.39, 0.29) is 6.10 Å². The van der Waals surface area contributed by atoms with Crippen molar-refractivity contribution in [3.63, 3.8) is 0 Å². The molecule has 2 atom stereocenters. The Balaban J connectivity index is 1.81. The van der Waals surface area contributed by atoms with Gasteiger partial charge >= 0.3 is 0 Å². The van der Waals surface area contributed by atoms with Gasteiger partial charge in [-0.3, -0.25) is 0 Å². The van der Waals surface area contributed by atoms with Gasteiger partial charge in [0.05, 0.1) is 23.7 Å². The molecule has 0 radical (unpaired) electrons. The van der Waals surface area contributed by atoms with E-state index in [1.807, 2.05) is 24.3 Å². The summed E-state index contributed by atoms with van der Waals surface area (Å²) in [7, 11) is 0. The number of benzene rings is 2. The molecule has 1 aromatic heterocycles. The van der Waals surface area contributed by atoms with Crippen molar-refractivity contribution in [1.29, 1.82) is 0 Å². The van der Waals surface area contributed by atoms with E-state index in [0.717, 1.165) is 41.8 Å². The molecule has 2 unspecified atom stereocenters. The second kappa shape index (κ2) is 4.91. The average molecular weight is 306 g/mol. The second-order valence-corrected chi connectivity index (χ2v) is 6.25. The third-order valence-corrected chi connectivity index (χ3v) is 4.82. The Morgan fingerprint density at radius 3 is 2.78 bits per heavy atom. The van der Waals surface area contributed by atoms with Crippen LogP contribution >= 0.6 is 0 Å². The first-order valence-corrected chi connectivity index (χ1v) is 8.20. The van der Waals surface area contributed by atoms with Gasteiger partial charge in [-0.1, -0.05) is 42.5 Å². The minimum atomic E-state index is -0.884. The van der Waals surface area contributed by atoms with Crippen LogP contribution in [0.3, 0.4) is 0 Å². The van der Waals surface area contributed by atoms with Crippen molar-refractivity contribution in [3.05, 3.63) is 66.0 Å². The van der Waals surface area contributed by atoms with Crippen molar-refractivity contribution in [2.75, 3.05) is 6.61 Å². The van der Waals surface area contributed by atoms with Gasteiger partial charge in [0.15, 0.2) is 5.82 Å². The molecule has 1 fully saturated rings. The number of para-hydroxylation sites is 2. The number of ether oxygens (including phenoxy) is 2. The first-order chi connectivity index (χ1) is 11.4. The highest BCUT2D eigenvalue weighted by atomic mass is 16.7. The maximum Gasteiger partial charge on any atom is 0.256 e. The van der Waals surface area contributed by atoms with E-state index in [1.165, 1.54) is 0 Å². The van der Waals surface area contributed by atoms with Gasteiger partial charge in [0, 0.05) is 12.1 Å². The predicted octanol–water partition coefficient (Wildman–Crippen LogP) is 3.45. The summed E-state index contributed by atoms with van der Waals surface area (Å²) in [5.74, 6) is -0.0159. The third-order valence-electron chi connectivity index (χ3n) is 4.82. The molecule has 116 valence electrons. The summed E-state index contributed by atoms with van der Waals surface area (Å²) in [4.78, 5) is 4.90. The largest absolute Gasteiger partial charge is 0.337 e. The number of aryl methyl sites for hydroxylation is 1. The number of hydrogen-bond donors (Lipinski definition) is 0. The summed E-state index contributed by atoms with van der Waals surface area (Å²) in [5.41, 5.74) is 3.16. The summed E-state index contributed by atoms with van der Waals surface area (Å²) in [6, 6.07) is 18.4. The minimum Gasteiger partial charge on any atom is -0.337 e. The first kappa shape index (κ1) is 13.3. The van der Waals surface area contributed by atoms with Crippen LogP contribution in [0.15, 0.2) is 54.6 Å². The molecular formula is C19H18N2O2. The van der Waals surface area contributed by atoms with Gasteiger partial charge in [-0.15, -0.1) is 0 Å². The molecule has 5 rings (SSSR count). The number of nitrogens with zero attached hydrogens (tertiary/aromatic N) is 2. The molecule has 0 spiro atoms. The van der Waals surface area contributed by atoms with Crippen LogP contribution in [0.4, 0.5) is 0 Å². The van der Waals surface area contributed by atoms with Crippen molar-refractivity contribution >= 4 is 11.0 Å². The number of hydrogen-bond acceptors (Lipinski definition) is 3. The zero-order chi connectivity index (χ0) is 15.3. The minimum absolute atomic E-state index is 0.142. The monoisotopic (exact) mass is 306 g/mol. The molecule has 2 aliphatic rings. The molecule has 2 aromatic carbocycles. The van der Waals surface area contributed by atoms with Gasteiger partial charge in [0.2, 0.25) is 0 Å². The molecule has 0 amide bonds. The van der Waals surface area contributed by atoms with Gasteiger partial charge < -0.3 is 14.0 Å². The maximum atomic E-state index is 6.43. The lowest BCUT2D eigenvalue weighted by molar-refractivity contribution is -0.153. The second-order valence-electron chi connectivity index (χ2n) is 6.25. The van der Waals surface area contributed by atoms with Crippen molar-refractivity contribution in [1.82, 2.24) is 9.55 Å². The van der Waals surface area contributed by atoms with Crippen molar-refractivity contribution in [3.8, 4) is 0 Å². The summed E-state index contributed by atoms with van der Waals surface area (Å²) in [5, 5.41) is 0. The van der Waals surface area contributed by atoms with E-state index in [1.54, 1.807) is 0 Å². The molecule has 3 aromatic rings. The van der Waals surface area contributed by atoms with Crippen LogP contribution in [-0.2, 0) is 21.8 Å². The summed E-state index contributed by atoms with van der Waals surface area (Å²) in [6.45, 7) is 1.58. The highest BCUT2D eigenvalue weighted by Gasteiger charge is 2.49. The molecule has 1 saturated heterocycles. The summed E-state index contributed by atoms with van der Waals surface area (Å²) < 4.78 is 15.0. The standard InChI is InChI=1S/C19H18N2O2/c1-2-7-14(8-3-1)19-18-20-16-10-4-5-11-17(16)21(18)12-6-9-15(23-19)13-22-19/h1-5,7-8,10-11,15H,6,9,12-13H2. The van der Waals surface area contributed by atoms with Crippen molar-refractivity contribution < 1.29 is 9.47 Å². The fraction of sp³-hybridized carbons (Fsp3) is 0.316. The van der Waals surface area contributed by atoms with E-state index >= 15 is 0 Å². The number of rotatable bonds is 1. The number of aromatic nitrogens is 2. The van der Waals surface area contributed by atoms with Crippen LogP contribution in [0.1, 0.15) is 24.2 Å². The summed E-state index contributed by atoms with van der Waals surface area (Å²) >= 11 is 0. The average Bonchev–Trinajstić information content (AvgIpc) is 3.18. The Morgan fingerprint density at radius 2 is 1.87 bits per heavy atom. The van der Waals surface area contributed by atoms with Gasteiger partial charge in [-0.25, -0.2) is 4.98 Å². The van der Waals surface area contributed by atoms with Crippen LogP contribution in [0.2, 0.25) is 0 Å². The Hall–Kier alpha value is -2.17. The highest BCUT2D eigenvalue weighted by molar-refractivity contribution is 5.76. The molecule has 0 saturated carbocycles. The Kier molecular flexibility index (Phi) is 2.84. The molecule has 0 aliphatic carbocycles. The van der Waals surface area contributed by atoms with E-state index in [2.05, 4.69) is 34.9 Å². The first-order valence-electron chi connectivity index (χ1n) is 8.20. The lowest BCUT2D eigenvalue weighted by atomic mass is 10.0. The molecule has 3 heterocycles. The van der Waals surface area contributed by atoms with Crippen molar-refractivity contribution in [2.45, 2.75) is 31.3 Å². The van der Waals surface area contributed by atoms with E-state index in [4.69, 9.17) is 14.5 Å². The van der Waals surface area contributed by atoms with E-state index in [9.17, 15) is 0 Å². The quantitative estimate of drug-likeness (QED) is 0.691. The predicted molar refractivity (Wildman–Crippen MR) is 87.0 cm³/mol.